The molecule has 1 aliphatic rings. The molecule has 1 N–H and O–H groups in total. The highest BCUT2D eigenvalue weighted by molar-refractivity contribution is 7.88. The molecule has 0 atom stereocenters. The molecule has 31 heavy (non-hydrogen) atoms. The van der Waals surface area contributed by atoms with Gasteiger partial charge in [0.15, 0.2) is 5.69 Å². The smallest absolute Gasteiger partial charge is 0.274 e. The fourth-order valence-corrected chi connectivity index (χ4v) is 4.75. The highest BCUT2D eigenvalue weighted by atomic mass is 32.2. The fraction of sp³-hybridized carbons (Fsp3) is 0.318. The van der Waals surface area contributed by atoms with Crippen LogP contribution in [0.15, 0.2) is 59.4 Å². The highest BCUT2D eigenvalue weighted by Crippen LogP contribution is 2.19. The summed E-state index contributed by atoms with van der Waals surface area (Å²) in [6.45, 7) is 1.10. The Morgan fingerprint density at radius 3 is 2.29 bits per heavy atom. The first kappa shape index (κ1) is 21.2. The summed E-state index contributed by atoms with van der Waals surface area (Å²) >= 11 is 0. The molecule has 0 spiro atoms. The Morgan fingerprint density at radius 1 is 1.03 bits per heavy atom. The van der Waals surface area contributed by atoms with E-state index in [0.717, 1.165) is 11.8 Å². The van der Waals surface area contributed by atoms with Gasteiger partial charge in [0.25, 0.3) is 11.5 Å². The molecule has 2 heterocycles. The second kappa shape index (κ2) is 8.60. The maximum atomic E-state index is 13.3. The van der Waals surface area contributed by atoms with Gasteiger partial charge in [-0.15, -0.1) is 0 Å². The molecule has 162 valence electrons. The number of hydrogen-bond acceptors (Lipinski definition) is 5. The van der Waals surface area contributed by atoms with Crippen LogP contribution in [0.2, 0.25) is 0 Å². The summed E-state index contributed by atoms with van der Waals surface area (Å²) in [5.74, 6) is -0.254. The van der Waals surface area contributed by atoms with E-state index in [9.17, 15) is 18.0 Å². The number of aromatic nitrogens is 2. The van der Waals surface area contributed by atoms with Crippen LogP contribution < -0.4 is 10.3 Å². The van der Waals surface area contributed by atoms with Gasteiger partial charge >= 0.3 is 0 Å². The molecule has 3 aromatic rings. The summed E-state index contributed by atoms with van der Waals surface area (Å²) < 4.78 is 26.9. The van der Waals surface area contributed by atoms with Crippen LogP contribution in [0.1, 0.15) is 28.9 Å². The predicted octanol–water partition coefficient (Wildman–Crippen LogP) is 1.60. The van der Waals surface area contributed by atoms with Gasteiger partial charge in [-0.1, -0.05) is 48.5 Å². The molecule has 0 saturated carbocycles. The van der Waals surface area contributed by atoms with Gasteiger partial charge in [0, 0.05) is 24.5 Å². The minimum absolute atomic E-state index is 0.184. The van der Waals surface area contributed by atoms with Gasteiger partial charge in [0.2, 0.25) is 10.0 Å². The van der Waals surface area contributed by atoms with Gasteiger partial charge in [-0.3, -0.25) is 9.59 Å². The van der Waals surface area contributed by atoms with Crippen molar-refractivity contribution in [3.05, 3.63) is 76.2 Å². The second-order valence-electron chi connectivity index (χ2n) is 7.80. The molecule has 9 heteroatoms. The second-order valence-corrected chi connectivity index (χ2v) is 9.58. The Labute approximate surface area is 180 Å². The quantitative estimate of drug-likeness (QED) is 0.649. The molecule has 1 amide bonds. The van der Waals surface area contributed by atoms with Crippen molar-refractivity contribution in [1.82, 2.24) is 19.4 Å². The van der Waals surface area contributed by atoms with E-state index >= 15 is 0 Å². The minimum atomic E-state index is -3.29. The SMILES string of the molecule is CS(=O)(=O)NC1CCN(C(=O)c2nn(Cc3ccccc3)c(=O)c3ccccc23)CC1. The molecule has 0 radical (unpaired) electrons. The van der Waals surface area contributed by atoms with Crippen LogP contribution in [0.25, 0.3) is 10.8 Å². The number of sulfonamides is 1. The largest absolute Gasteiger partial charge is 0.337 e. The van der Waals surface area contributed by atoms with Crippen molar-refractivity contribution in [2.75, 3.05) is 19.3 Å². The Morgan fingerprint density at radius 2 is 1.65 bits per heavy atom. The van der Waals surface area contributed by atoms with Gasteiger partial charge in [-0.05, 0) is 24.5 Å². The van der Waals surface area contributed by atoms with Crippen molar-refractivity contribution >= 4 is 26.7 Å². The van der Waals surface area contributed by atoms with E-state index in [1.165, 1.54) is 4.68 Å². The maximum absolute atomic E-state index is 13.3. The van der Waals surface area contributed by atoms with E-state index in [1.807, 2.05) is 30.3 Å². The first-order chi connectivity index (χ1) is 14.8. The van der Waals surface area contributed by atoms with E-state index in [-0.39, 0.29) is 29.7 Å². The molecule has 1 aliphatic heterocycles. The Balaban J connectivity index is 1.64. The van der Waals surface area contributed by atoms with Crippen LogP contribution in [0, 0.1) is 0 Å². The fourth-order valence-electron chi connectivity index (χ4n) is 3.91. The standard InChI is InChI=1S/C22H24N4O4S/c1-31(29,30)24-17-11-13-25(14-12-17)22(28)20-18-9-5-6-10-19(18)21(27)26(23-20)15-16-7-3-2-4-8-16/h2-10,17,24H,11-15H2,1H3. The Hall–Kier alpha value is -3.04. The summed E-state index contributed by atoms with van der Waals surface area (Å²) in [7, 11) is -3.29. The van der Waals surface area contributed by atoms with Crippen LogP contribution in [-0.2, 0) is 16.6 Å². The van der Waals surface area contributed by atoms with Crippen molar-refractivity contribution < 1.29 is 13.2 Å². The number of piperidine rings is 1. The summed E-state index contributed by atoms with van der Waals surface area (Å²) in [5, 5.41) is 5.43. The molecule has 0 aliphatic carbocycles. The van der Waals surface area contributed by atoms with Crippen molar-refractivity contribution in [2.45, 2.75) is 25.4 Å². The summed E-state index contributed by atoms with van der Waals surface area (Å²) in [5.41, 5.74) is 0.908. The maximum Gasteiger partial charge on any atom is 0.274 e. The van der Waals surface area contributed by atoms with Crippen LogP contribution in [0.3, 0.4) is 0 Å². The number of amides is 1. The van der Waals surface area contributed by atoms with Crippen molar-refractivity contribution in [2.24, 2.45) is 0 Å². The number of nitrogens with zero attached hydrogens (tertiary/aromatic N) is 3. The third-order valence-corrected chi connectivity index (χ3v) is 6.17. The van der Waals surface area contributed by atoms with Gasteiger partial charge in [-0.25, -0.2) is 17.8 Å². The van der Waals surface area contributed by atoms with Crippen LogP contribution in [0.5, 0.6) is 0 Å². The number of benzene rings is 2. The van der Waals surface area contributed by atoms with E-state index in [1.54, 1.807) is 29.2 Å². The molecule has 8 nitrogen and oxygen atoms in total. The lowest BCUT2D eigenvalue weighted by molar-refractivity contribution is 0.0705. The number of carbonyl (C=O) groups excluding carboxylic acids is 1. The van der Waals surface area contributed by atoms with Crippen molar-refractivity contribution in [3.63, 3.8) is 0 Å². The molecule has 0 unspecified atom stereocenters. The van der Waals surface area contributed by atoms with Crippen molar-refractivity contribution in [3.8, 4) is 0 Å². The number of hydrogen-bond donors (Lipinski definition) is 1. The Kier molecular flexibility index (Phi) is 5.88. The first-order valence-corrected chi connectivity index (χ1v) is 12.0. The lowest BCUT2D eigenvalue weighted by atomic mass is 10.0. The molecular formula is C22H24N4O4S. The average Bonchev–Trinajstić information content (AvgIpc) is 2.75. The molecule has 1 aromatic heterocycles. The third-order valence-electron chi connectivity index (χ3n) is 5.41. The van der Waals surface area contributed by atoms with Crippen LogP contribution >= 0.6 is 0 Å². The highest BCUT2D eigenvalue weighted by Gasteiger charge is 2.27. The summed E-state index contributed by atoms with van der Waals surface area (Å²) in [6.07, 6.45) is 2.19. The molecule has 2 aromatic carbocycles. The molecule has 4 rings (SSSR count). The number of likely N-dealkylation sites (tertiary alicyclic amines) is 1. The summed E-state index contributed by atoms with van der Waals surface area (Å²) in [4.78, 5) is 28.0. The topological polar surface area (TPSA) is 101 Å². The minimum Gasteiger partial charge on any atom is -0.337 e. The van der Waals surface area contributed by atoms with Gasteiger partial charge < -0.3 is 4.90 Å². The monoisotopic (exact) mass is 440 g/mol. The zero-order chi connectivity index (χ0) is 22.0. The number of fused-ring (bicyclic) bond motifs is 1. The number of rotatable bonds is 5. The average molecular weight is 441 g/mol. The number of carbonyl (C=O) groups is 1. The van der Waals surface area contributed by atoms with E-state index in [0.29, 0.717) is 36.7 Å². The molecular weight excluding hydrogens is 416 g/mol. The van der Waals surface area contributed by atoms with Crippen molar-refractivity contribution in [1.29, 1.82) is 0 Å². The van der Waals surface area contributed by atoms with E-state index < -0.39 is 10.0 Å². The van der Waals surface area contributed by atoms with Gasteiger partial charge in [-0.2, -0.15) is 5.10 Å². The lowest BCUT2D eigenvalue weighted by Crippen LogP contribution is -2.46. The molecule has 1 saturated heterocycles. The van der Waals surface area contributed by atoms with E-state index in [2.05, 4.69) is 9.82 Å². The van der Waals surface area contributed by atoms with Gasteiger partial charge in [0.05, 0.1) is 18.2 Å². The zero-order valence-electron chi connectivity index (χ0n) is 17.2. The predicted molar refractivity (Wildman–Crippen MR) is 118 cm³/mol. The van der Waals surface area contributed by atoms with E-state index in [4.69, 9.17) is 0 Å². The third kappa shape index (κ3) is 4.83. The molecule has 1 fully saturated rings. The summed E-state index contributed by atoms with van der Waals surface area (Å²) in [6, 6.07) is 16.3. The van der Waals surface area contributed by atoms with Crippen LogP contribution in [-0.4, -0.2) is 54.4 Å². The Bertz CT molecular complexity index is 1260. The molecule has 0 bridgehead atoms. The first-order valence-electron chi connectivity index (χ1n) is 10.1. The lowest BCUT2D eigenvalue weighted by Gasteiger charge is -2.32. The zero-order valence-corrected chi connectivity index (χ0v) is 18.0. The van der Waals surface area contributed by atoms with Crippen LogP contribution in [0.4, 0.5) is 0 Å². The van der Waals surface area contributed by atoms with Gasteiger partial charge in [0.1, 0.15) is 0 Å². The normalized spacial score (nSPS) is 15.3. The number of nitrogens with one attached hydrogen (secondary N) is 1.